The van der Waals surface area contributed by atoms with E-state index >= 15 is 0 Å². The average molecular weight is 221 g/mol. The van der Waals surface area contributed by atoms with Crippen LogP contribution in [0.15, 0.2) is 0 Å². The Bertz CT molecular complexity index is 296. The van der Waals surface area contributed by atoms with E-state index in [9.17, 15) is 4.79 Å². The van der Waals surface area contributed by atoms with Crippen molar-refractivity contribution < 1.29 is 4.79 Å². The van der Waals surface area contributed by atoms with Crippen molar-refractivity contribution in [3.8, 4) is 0 Å². The van der Waals surface area contributed by atoms with Crippen molar-refractivity contribution >= 4 is 5.91 Å². The molecule has 3 saturated carbocycles. The fraction of sp³-hybridized carbons (Fsp3) is 0.929. The summed E-state index contributed by atoms with van der Waals surface area (Å²) in [6.45, 7) is 5.49. The second-order valence-corrected chi connectivity index (χ2v) is 6.66. The standard InChI is InChI=1S/C14H23NO/c1-9(2)14(3-4-14)8-15-13(16)12-6-10-5-11(10)7-12/h9-12H,3-8H2,1-2H3,(H,15,16). The van der Waals surface area contributed by atoms with Gasteiger partial charge in [0, 0.05) is 12.5 Å². The summed E-state index contributed by atoms with van der Waals surface area (Å²) in [4.78, 5) is 12.0. The molecule has 3 aliphatic rings. The Morgan fingerprint density at radius 3 is 2.38 bits per heavy atom. The summed E-state index contributed by atoms with van der Waals surface area (Å²) in [6, 6.07) is 0. The molecule has 0 saturated heterocycles. The van der Waals surface area contributed by atoms with Crippen LogP contribution in [0.3, 0.4) is 0 Å². The monoisotopic (exact) mass is 221 g/mol. The van der Waals surface area contributed by atoms with Crippen molar-refractivity contribution in [1.82, 2.24) is 5.32 Å². The maximum absolute atomic E-state index is 12.0. The van der Waals surface area contributed by atoms with E-state index in [0.717, 1.165) is 18.4 Å². The first-order valence-electron chi connectivity index (χ1n) is 6.88. The summed E-state index contributed by atoms with van der Waals surface area (Å²) in [5, 5.41) is 3.21. The van der Waals surface area contributed by atoms with Crippen LogP contribution < -0.4 is 5.32 Å². The van der Waals surface area contributed by atoms with Gasteiger partial charge >= 0.3 is 0 Å². The highest BCUT2D eigenvalue weighted by molar-refractivity contribution is 5.79. The van der Waals surface area contributed by atoms with Gasteiger partial charge in [0.2, 0.25) is 5.91 Å². The molecule has 0 bridgehead atoms. The number of nitrogens with one attached hydrogen (secondary N) is 1. The van der Waals surface area contributed by atoms with Gasteiger partial charge in [0.05, 0.1) is 0 Å². The molecule has 0 aromatic heterocycles. The fourth-order valence-electron chi connectivity index (χ4n) is 3.46. The lowest BCUT2D eigenvalue weighted by atomic mass is 9.92. The van der Waals surface area contributed by atoms with E-state index in [4.69, 9.17) is 0 Å². The molecule has 0 radical (unpaired) electrons. The van der Waals surface area contributed by atoms with Crippen molar-refractivity contribution in [3.05, 3.63) is 0 Å². The van der Waals surface area contributed by atoms with Crippen LogP contribution in [-0.2, 0) is 4.79 Å². The number of rotatable bonds is 4. The Balaban J connectivity index is 1.46. The molecule has 16 heavy (non-hydrogen) atoms. The van der Waals surface area contributed by atoms with E-state index in [1.807, 2.05) is 0 Å². The lowest BCUT2D eigenvalue weighted by Crippen LogP contribution is -2.36. The Hall–Kier alpha value is -0.530. The fourth-order valence-corrected chi connectivity index (χ4v) is 3.46. The van der Waals surface area contributed by atoms with E-state index in [1.165, 1.54) is 32.1 Å². The van der Waals surface area contributed by atoms with E-state index in [2.05, 4.69) is 19.2 Å². The summed E-state index contributed by atoms with van der Waals surface area (Å²) in [6.07, 6.45) is 6.36. The number of fused-ring (bicyclic) bond motifs is 1. The van der Waals surface area contributed by atoms with Gasteiger partial charge in [-0.1, -0.05) is 13.8 Å². The van der Waals surface area contributed by atoms with Crippen LogP contribution in [0, 0.1) is 29.1 Å². The summed E-state index contributed by atoms with van der Waals surface area (Å²) in [5.41, 5.74) is 0.456. The molecule has 0 heterocycles. The zero-order chi connectivity index (χ0) is 11.3. The predicted molar refractivity (Wildman–Crippen MR) is 63.8 cm³/mol. The molecular weight excluding hydrogens is 198 g/mol. The molecule has 0 spiro atoms. The maximum atomic E-state index is 12.0. The van der Waals surface area contributed by atoms with Crippen LogP contribution in [0.25, 0.3) is 0 Å². The van der Waals surface area contributed by atoms with Crippen LogP contribution in [0.1, 0.15) is 46.0 Å². The number of amides is 1. The van der Waals surface area contributed by atoms with Gasteiger partial charge in [-0.05, 0) is 55.3 Å². The van der Waals surface area contributed by atoms with Crippen LogP contribution in [0.4, 0.5) is 0 Å². The van der Waals surface area contributed by atoms with Crippen LogP contribution in [-0.4, -0.2) is 12.5 Å². The number of hydrogen-bond acceptors (Lipinski definition) is 1. The number of hydrogen-bond donors (Lipinski definition) is 1. The molecule has 1 N–H and O–H groups in total. The minimum atomic E-state index is 0.346. The molecule has 0 aromatic rings. The molecule has 3 rings (SSSR count). The first-order chi connectivity index (χ1) is 7.61. The molecular formula is C14H23NO. The van der Waals surface area contributed by atoms with Crippen molar-refractivity contribution in [2.45, 2.75) is 46.0 Å². The van der Waals surface area contributed by atoms with Crippen LogP contribution in [0.2, 0.25) is 0 Å². The van der Waals surface area contributed by atoms with Gasteiger partial charge in [0.25, 0.3) is 0 Å². The van der Waals surface area contributed by atoms with Crippen molar-refractivity contribution in [2.24, 2.45) is 29.1 Å². The normalized spacial score (nSPS) is 38.3. The van der Waals surface area contributed by atoms with Crippen molar-refractivity contribution in [2.75, 3.05) is 6.54 Å². The minimum absolute atomic E-state index is 0.346. The second-order valence-electron chi connectivity index (χ2n) is 6.66. The van der Waals surface area contributed by atoms with Gasteiger partial charge in [0.15, 0.2) is 0 Å². The molecule has 2 heteroatoms. The first kappa shape index (κ1) is 10.6. The molecule has 0 aliphatic heterocycles. The topological polar surface area (TPSA) is 29.1 Å². The molecule has 0 aromatic carbocycles. The zero-order valence-electron chi connectivity index (χ0n) is 10.5. The molecule has 3 fully saturated rings. The Kier molecular flexibility index (Phi) is 2.31. The van der Waals surface area contributed by atoms with E-state index in [1.54, 1.807) is 0 Å². The number of carbonyl (C=O) groups is 1. The molecule has 2 unspecified atom stereocenters. The highest BCUT2D eigenvalue weighted by atomic mass is 16.1. The lowest BCUT2D eigenvalue weighted by Gasteiger charge is -2.21. The minimum Gasteiger partial charge on any atom is -0.355 e. The van der Waals surface area contributed by atoms with Gasteiger partial charge in [-0.3, -0.25) is 4.79 Å². The quantitative estimate of drug-likeness (QED) is 0.776. The van der Waals surface area contributed by atoms with Crippen LogP contribution in [0.5, 0.6) is 0 Å². The average Bonchev–Trinajstić information content (AvgIpc) is 3.15. The van der Waals surface area contributed by atoms with E-state index in [-0.39, 0.29) is 0 Å². The molecule has 1 amide bonds. The number of carbonyl (C=O) groups excluding carboxylic acids is 1. The predicted octanol–water partition coefficient (Wildman–Crippen LogP) is 2.58. The summed E-state index contributed by atoms with van der Waals surface area (Å²) < 4.78 is 0. The Morgan fingerprint density at radius 2 is 1.88 bits per heavy atom. The smallest absolute Gasteiger partial charge is 0.223 e. The Labute approximate surface area is 98.2 Å². The van der Waals surface area contributed by atoms with Crippen molar-refractivity contribution in [3.63, 3.8) is 0 Å². The Morgan fingerprint density at radius 1 is 1.25 bits per heavy atom. The summed E-state index contributed by atoms with van der Waals surface area (Å²) >= 11 is 0. The third-order valence-corrected chi connectivity index (χ3v) is 5.35. The van der Waals surface area contributed by atoms with Gasteiger partial charge in [-0.2, -0.15) is 0 Å². The third kappa shape index (κ3) is 1.76. The van der Waals surface area contributed by atoms with Gasteiger partial charge in [0.1, 0.15) is 0 Å². The SMILES string of the molecule is CC(C)C1(CNC(=O)C2CC3CC3C2)CC1. The van der Waals surface area contributed by atoms with E-state index < -0.39 is 0 Å². The second kappa shape index (κ2) is 3.48. The zero-order valence-corrected chi connectivity index (χ0v) is 10.5. The molecule has 2 atom stereocenters. The summed E-state index contributed by atoms with van der Waals surface area (Å²) in [7, 11) is 0. The van der Waals surface area contributed by atoms with E-state index in [0.29, 0.717) is 23.2 Å². The van der Waals surface area contributed by atoms with Gasteiger partial charge in [-0.15, -0.1) is 0 Å². The van der Waals surface area contributed by atoms with Crippen molar-refractivity contribution in [1.29, 1.82) is 0 Å². The molecule has 3 aliphatic carbocycles. The lowest BCUT2D eigenvalue weighted by molar-refractivity contribution is -0.125. The van der Waals surface area contributed by atoms with Crippen LogP contribution >= 0.6 is 0 Å². The molecule has 90 valence electrons. The third-order valence-electron chi connectivity index (χ3n) is 5.35. The summed E-state index contributed by atoms with van der Waals surface area (Å²) in [5.74, 6) is 3.24. The van der Waals surface area contributed by atoms with Gasteiger partial charge < -0.3 is 5.32 Å². The first-order valence-corrected chi connectivity index (χ1v) is 6.88. The highest BCUT2D eigenvalue weighted by Crippen LogP contribution is 2.54. The highest BCUT2D eigenvalue weighted by Gasteiger charge is 2.49. The largest absolute Gasteiger partial charge is 0.355 e. The van der Waals surface area contributed by atoms with Gasteiger partial charge in [-0.25, -0.2) is 0 Å². The molecule has 2 nitrogen and oxygen atoms in total. The maximum Gasteiger partial charge on any atom is 0.223 e.